The molecule has 0 saturated carbocycles. The Morgan fingerprint density at radius 1 is 1.23 bits per heavy atom. The number of furan rings is 1. The number of amides is 3. The van der Waals surface area contributed by atoms with Gasteiger partial charge in [0.15, 0.2) is 0 Å². The van der Waals surface area contributed by atoms with Gasteiger partial charge >= 0.3 is 6.03 Å². The number of halogens is 1. The van der Waals surface area contributed by atoms with E-state index in [0.717, 1.165) is 0 Å². The van der Waals surface area contributed by atoms with Gasteiger partial charge in [-0.2, -0.15) is 0 Å². The van der Waals surface area contributed by atoms with Crippen molar-refractivity contribution in [2.75, 3.05) is 13.1 Å². The zero-order chi connectivity index (χ0) is 16.1. The number of carbonyl (C=O) groups excluding carboxylic acids is 2. The number of hydrogen-bond donors (Lipinski definition) is 3. The van der Waals surface area contributed by atoms with Gasteiger partial charge < -0.3 is 20.4 Å². The van der Waals surface area contributed by atoms with Crippen LogP contribution in [-0.2, 0) is 4.79 Å². The van der Waals surface area contributed by atoms with Crippen molar-refractivity contribution < 1.29 is 18.4 Å². The van der Waals surface area contributed by atoms with Crippen LogP contribution in [0, 0.1) is 5.82 Å². The molecule has 1 heterocycles. The van der Waals surface area contributed by atoms with Gasteiger partial charge in [0, 0.05) is 25.4 Å². The molecule has 3 N–H and O–H groups in total. The fourth-order valence-electron chi connectivity index (χ4n) is 1.98. The minimum Gasteiger partial charge on any atom is -0.459 e. The van der Waals surface area contributed by atoms with Crippen LogP contribution >= 0.6 is 0 Å². The van der Waals surface area contributed by atoms with Crippen molar-refractivity contribution in [2.24, 2.45) is 0 Å². The van der Waals surface area contributed by atoms with Gasteiger partial charge in [0.05, 0.1) is 6.04 Å². The van der Waals surface area contributed by atoms with Crippen molar-refractivity contribution in [2.45, 2.75) is 19.9 Å². The molecule has 0 spiro atoms. The van der Waals surface area contributed by atoms with E-state index < -0.39 is 0 Å². The second kappa shape index (κ2) is 6.93. The number of nitrogens with one attached hydrogen (secondary N) is 3. The molecule has 0 radical (unpaired) electrons. The Kier molecular flexibility index (Phi) is 4.98. The Hall–Kier alpha value is -2.57. The minimum absolute atomic E-state index is 0.148. The van der Waals surface area contributed by atoms with Crippen LogP contribution in [0.15, 0.2) is 28.7 Å². The second-order valence-corrected chi connectivity index (χ2v) is 4.94. The maximum absolute atomic E-state index is 13.1. The number of rotatable bonds is 5. The number of benzene rings is 1. The number of urea groups is 1. The summed E-state index contributed by atoms with van der Waals surface area (Å²) in [5.41, 5.74) is 0.566. The fraction of sp³-hybridized carbons (Fsp3) is 0.333. The molecule has 22 heavy (non-hydrogen) atoms. The van der Waals surface area contributed by atoms with Crippen molar-refractivity contribution in [1.29, 1.82) is 0 Å². The molecule has 0 aliphatic rings. The zero-order valence-electron chi connectivity index (χ0n) is 12.4. The van der Waals surface area contributed by atoms with Crippen molar-refractivity contribution in [3.8, 4) is 0 Å². The summed E-state index contributed by atoms with van der Waals surface area (Å²) in [5.74, 6) is 0.0545. The molecular formula is C15H18FN3O3. The Morgan fingerprint density at radius 2 is 1.95 bits per heavy atom. The van der Waals surface area contributed by atoms with Crippen LogP contribution in [0.25, 0.3) is 11.0 Å². The van der Waals surface area contributed by atoms with E-state index >= 15 is 0 Å². The predicted molar refractivity (Wildman–Crippen MR) is 79.8 cm³/mol. The standard InChI is InChI=1S/C15H18FN3O3/c1-9(19-15(21)18-6-5-17-10(2)20)14-8-11-7-12(16)3-4-13(11)22-14/h3-4,7-9H,5-6H2,1-2H3,(H,17,20)(H2,18,19,21). The molecule has 0 aliphatic carbocycles. The van der Waals surface area contributed by atoms with E-state index in [-0.39, 0.29) is 23.8 Å². The number of carbonyl (C=O) groups is 2. The van der Waals surface area contributed by atoms with E-state index in [2.05, 4.69) is 16.0 Å². The lowest BCUT2D eigenvalue weighted by Gasteiger charge is -2.12. The summed E-state index contributed by atoms with van der Waals surface area (Å²) in [6.07, 6.45) is 0. The van der Waals surface area contributed by atoms with E-state index in [1.165, 1.54) is 19.1 Å². The molecule has 3 amide bonds. The first-order chi connectivity index (χ1) is 10.5. The predicted octanol–water partition coefficient (Wildman–Crippen LogP) is 2.07. The summed E-state index contributed by atoms with van der Waals surface area (Å²) >= 11 is 0. The highest BCUT2D eigenvalue weighted by atomic mass is 19.1. The van der Waals surface area contributed by atoms with Crippen molar-refractivity contribution in [1.82, 2.24) is 16.0 Å². The van der Waals surface area contributed by atoms with Crippen LogP contribution in [0.4, 0.5) is 9.18 Å². The van der Waals surface area contributed by atoms with Gasteiger partial charge in [-0.25, -0.2) is 9.18 Å². The van der Waals surface area contributed by atoms with Gasteiger partial charge in [-0.05, 0) is 31.2 Å². The topological polar surface area (TPSA) is 83.4 Å². The summed E-state index contributed by atoms with van der Waals surface area (Å²) in [6.45, 7) is 3.86. The normalized spacial score (nSPS) is 12.0. The molecule has 1 aromatic carbocycles. The third-order valence-corrected chi connectivity index (χ3v) is 3.06. The third kappa shape index (κ3) is 4.21. The van der Waals surface area contributed by atoms with Gasteiger partial charge in [0.2, 0.25) is 5.91 Å². The second-order valence-electron chi connectivity index (χ2n) is 4.94. The Labute approximate surface area is 127 Å². The Morgan fingerprint density at radius 3 is 2.68 bits per heavy atom. The van der Waals surface area contributed by atoms with Crippen LogP contribution in [-0.4, -0.2) is 25.0 Å². The fourth-order valence-corrected chi connectivity index (χ4v) is 1.98. The van der Waals surface area contributed by atoms with Crippen molar-refractivity contribution >= 4 is 22.9 Å². The van der Waals surface area contributed by atoms with Crippen LogP contribution in [0.2, 0.25) is 0 Å². The van der Waals surface area contributed by atoms with E-state index in [1.54, 1.807) is 19.1 Å². The summed E-state index contributed by atoms with van der Waals surface area (Å²) in [5, 5.41) is 8.55. The average Bonchev–Trinajstić information content (AvgIpc) is 2.86. The molecule has 0 fully saturated rings. The summed E-state index contributed by atoms with van der Waals surface area (Å²) in [4.78, 5) is 22.4. The molecule has 6 nitrogen and oxygen atoms in total. The van der Waals surface area contributed by atoms with E-state index in [9.17, 15) is 14.0 Å². The number of hydrogen-bond acceptors (Lipinski definition) is 3. The van der Waals surface area contributed by atoms with Gasteiger partial charge in [-0.3, -0.25) is 4.79 Å². The number of fused-ring (bicyclic) bond motifs is 1. The third-order valence-electron chi connectivity index (χ3n) is 3.06. The quantitative estimate of drug-likeness (QED) is 0.739. The molecule has 2 rings (SSSR count). The summed E-state index contributed by atoms with van der Waals surface area (Å²) in [7, 11) is 0. The van der Waals surface area contributed by atoms with Gasteiger partial charge in [0.1, 0.15) is 17.2 Å². The van der Waals surface area contributed by atoms with E-state index in [4.69, 9.17) is 4.42 Å². The molecule has 2 aromatic rings. The molecule has 1 aromatic heterocycles. The van der Waals surface area contributed by atoms with Crippen LogP contribution in [0.5, 0.6) is 0 Å². The molecule has 1 unspecified atom stereocenters. The highest BCUT2D eigenvalue weighted by Crippen LogP contribution is 2.24. The minimum atomic E-state index is -0.371. The Bertz CT molecular complexity index is 684. The summed E-state index contributed by atoms with van der Waals surface area (Å²) < 4.78 is 18.7. The van der Waals surface area contributed by atoms with Crippen molar-refractivity contribution in [3.05, 3.63) is 35.8 Å². The largest absolute Gasteiger partial charge is 0.459 e. The first-order valence-electron chi connectivity index (χ1n) is 6.93. The van der Waals surface area contributed by atoms with Gasteiger partial charge in [-0.1, -0.05) is 0 Å². The first-order valence-corrected chi connectivity index (χ1v) is 6.93. The molecular weight excluding hydrogens is 289 g/mol. The van der Waals surface area contributed by atoms with E-state index in [0.29, 0.717) is 29.8 Å². The maximum Gasteiger partial charge on any atom is 0.315 e. The molecule has 7 heteroatoms. The monoisotopic (exact) mass is 307 g/mol. The highest BCUT2D eigenvalue weighted by Gasteiger charge is 2.14. The van der Waals surface area contributed by atoms with Gasteiger partial charge in [-0.15, -0.1) is 0 Å². The van der Waals surface area contributed by atoms with Crippen LogP contribution in [0.1, 0.15) is 25.6 Å². The maximum atomic E-state index is 13.1. The zero-order valence-corrected chi connectivity index (χ0v) is 12.4. The van der Waals surface area contributed by atoms with Crippen LogP contribution < -0.4 is 16.0 Å². The first kappa shape index (κ1) is 15.8. The molecule has 0 saturated heterocycles. The molecule has 118 valence electrons. The Balaban J connectivity index is 1.88. The van der Waals surface area contributed by atoms with Gasteiger partial charge in [0.25, 0.3) is 0 Å². The molecule has 0 bridgehead atoms. The lowest BCUT2D eigenvalue weighted by molar-refractivity contribution is -0.118. The van der Waals surface area contributed by atoms with E-state index in [1.807, 2.05) is 0 Å². The lowest BCUT2D eigenvalue weighted by Crippen LogP contribution is -2.40. The SMILES string of the molecule is CC(=O)NCCNC(=O)NC(C)c1cc2cc(F)ccc2o1. The smallest absolute Gasteiger partial charge is 0.315 e. The summed E-state index contributed by atoms with van der Waals surface area (Å²) in [6, 6.07) is 5.21. The average molecular weight is 307 g/mol. The van der Waals surface area contributed by atoms with Crippen LogP contribution in [0.3, 0.4) is 0 Å². The lowest BCUT2D eigenvalue weighted by atomic mass is 10.2. The van der Waals surface area contributed by atoms with Crippen molar-refractivity contribution in [3.63, 3.8) is 0 Å². The molecule has 0 aliphatic heterocycles. The molecule has 1 atom stereocenters. The highest BCUT2D eigenvalue weighted by molar-refractivity contribution is 5.79.